The predicted molar refractivity (Wildman–Crippen MR) is 101 cm³/mol. The number of furan rings is 1. The van der Waals surface area contributed by atoms with Crippen LogP contribution in [0.1, 0.15) is 38.8 Å². The Bertz CT molecular complexity index is 928. The molecule has 27 heavy (non-hydrogen) atoms. The van der Waals surface area contributed by atoms with Gasteiger partial charge in [0.05, 0.1) is 5.69 Å². The van der Waals surface area contributed by atoms with Gasteiger partial charge < -0.3 is 15.1 Å². The van der Waals surface area contributed by atoms with Crippen LogP contribution in [0, 0.1) is 13.8 Å². The lowest BCUT2D eigenvalue weighted by atomic mass is 10.1. The topological polar surface area (TPSA) is 100 Å². The van der Waals surface area contributed by atoms with Gasteiger partial charge in [-0.05, 0) is 32.4 Å². The highest BCUT2D eigenvalue weighted by atomic mass is 16.3. The Morgan fingerprint density at radius 1 is 1.04 bits per heavy atom. The number of aromatic nitrogens is 2. The van der Waals surface area contributed by atoms with Crippen molar-refractivity contribution >= 4 is 11.8 Å². The summed E-state index contributed by atoms with van der Waals surface area (Å²) in [7, 11) is 0. The number of nitrogens with one attached hydrogen (secondary N) is 3. The van der Waals surface area contributed by atoms with Crippen LogP contribution in [0.4, 0.5) is 0 Å². The largest absolute Gasteiger partial charge is 0.456 e. The summed E-state index contributed by atoms with van der Waals surface area (Å²) < 4.78 is 5.38. The second-order valence-electron chi connectivity index (χ2n) is 6.27. The molecule has 0 bridgehead atoms. The summed E-state index contributed by atoms with van der Waals surface area (Å²) in [5, 5.41) is 12.5. The van der Waals surface area contributed by atoms with Crippen molar-refractivity contribution in [3.63, 3.8) is 0 Å². The van der Waals surface area contributed by atoms with E-state index in [9.17, 15) is 9.59 Å². The number of carbonyl (C=O) groups excluding carboxylic acids is 2. The van der Waals surface area contributed by atoms with E-state index in [0.29, 0.717) is 36.7 Å². The van der Waals surface area contributed by atoms with E-state index >= 15 is 0 Å². The summed E-state index contributed by atoms with van der Waals surface area (Å²) in [6.07, 6.45) is 0.607. The van der Waals surface area contributed by atoms with Crippen LogP contribution < -0.4 is 10.6 Å². The van der Waals surface area contributed by atoms with Crippen LogP contribution in [-0.4, -0.2) is 35.1 Å². The van der Waals surface area contributed by atoms with Crippen molar-refractivity contribution in [2.45, 2.75) is 20.3 Å². The van der Waals surface area contributed by atoms with Crippen molar-refractivity contribution in [3.8, 4) is 11.3 Å². The number of carbonyl (C=O) groups is 2. The SMILES string of the molecule is Cc1cc(C)c(C(=O)NCCCNC(=O)c2cc(-c3ccccc3)n[nH]2)o1. The lowest BCUT2D eigenvalue weighted by Crippen LogP contribution is -2.30. The van der Waals surface area contributed by atoms with Crippen LogP contribution in [0.5, 0.6) is 0 Å². The Balaban J connectivity index is 1.42. The van der Waals surface area contributed by atoms with E-state index in [1.165, 1.54) is 0 Å². The number of rotatable bonds is 7. The fourth-order valence-corrected chi connectivity index (χ4v) is 2.73. The summed E-state index contributed by atoms with van der Waals surface area (Å²) in [5.41, 5.74) is 2.88. The Labute approximate surface area is 157 Å². The highest BCUT2D eigenvalue weighted by molar-refractivity contribution is 5.93. The van der Waals surface area contributed by atoms with Crippen LogP contribution in [0.3, 0.4) is 0 Å². The van der Waals surface area contributed by atoms with E-state index in [-0.39, 0.29) is 11.8 Å². The van der Waals surface area contributed by atoms with Crippen molar-refractivity contribution in [3.05, 3.63) is 65.2 Å². The van der Waals surface area contributed by atoms with Gasteiger partial charge >= 0.3 is 0 Å². The molecule has 7 nitrogen and oxygen atoms in total. The number of amides is 2. The minimum atomic E-state index is -0.243. The first-order valence-corrected chi connectivity index (χ1v) is 8.79. The molecule has 0 radical (unpaired) electrons. The second-order valence-corrected chi connectivity index (χ2v) is 6.27. The van der Waals surface area contributed by atoms with Crippen molar-refractivity contribution in [1.29, 1.82) is 0 Å². The highest BCUT2D eigenvalue weighted by Crippen LogP contribution is 2.16. The third-order valence-corrected chi connectivity index (χ3v) is 4.06. The zero-order valence-electron chi connectivity index (χ0n) is 15.3. The van der Waals surface area contributed by atoms with Crippen LogP contribution in [0.2, 0.25) is 0 Å². The van der Waals surface area contributed by atoms with Crippen molar-refractivity contribution in [1.82, 2.24) is 20.8 Å². The molecule has 1 aromatic carbocycles. The van der Waals surface area contributed by atoms with Gasteiger partial charge in [0.15, 0.2) is 5.76 Å². The summed E-state index contributed by atoms with van der Waals surface area (Å²) in [6.45, 7) is 4.52. The van der Waals surface area contributed by atoms with E-state index in [4.69, 9.17) is 4.42 Å². The van der Waals surface area contributed by atoms with Crippen LogP contribution in [-0.2, 0) is 0 Å². The molecule has 140 valence electrons. The van der Waals surface area contributed by atoms with Crippen LogP contribution >= 0.6 is 0 Å². The molecular weight excluding hydrogens is 344 g/mol. The number of hydrogen-bond acceptors (Lipinski definition) is 4. The monoisotopic (exact) mass is 366 g/mol. The van der Waals surface area contributed by atoms with Crippen molar-refractivity contribution in [2.75, 3.05) is 13.1 Å². The molecule has 0 fully saturated rings. The summed E-state index contributed by atoms with van der Waals surface area (Å²) >= 11 is 0. The number of aromatic amines is 1. The lowest BCUT2D eigenvalue weighted by Gasteiger charge is -2.05. The maximum atomic E-state index is 12.2. The summed E-state index contributed by atoms with van der Waals surface area (Å²) in [5.74, 6) is 0.572. The van der Waals surface area contributed by atoms with Crippen molar-refractivity contribution < 1.29 is 14.0 Å². The predicted octanol–water partition coefficient (Wildman–Crippen LogP) is 2.84. The minimum absolute atomic E-state index is 0.228. The maximum absolute atomic E-state index is 12.2. The molecule has 0 aliphatic carbocycles. The van der Waals surface area contributed by atoms with Gasteiger partial charge in [-0.15, -0.1) is 0 Å². The minimum Gasteiger partial charge on any atom is -0.456 e. The lowest BCUT2D eigenvalue weighted by molar-refractivity contribution is 0.0923. The fourth-order valence-electron chi connectivity index (χ4n) is 2.73. The van der Waals surface area contributed by atoms with E-state index in [0.717, 1.165) is 16.8 Å². The molecule has 3 N–H and O–H groups in total. The number of aryl methyl sites for hydroxylation is 2. The average molecular weight is 366 g/mol. The first-order valence-electron chi connectivity index (χ1n) is 8.79. The number of H-pyrrole nitrogens is 1. The van der Waals surface area contributed by atoms with Gasteiger partial charge in [-0.1, -0.05) is 30.3 Å². The van der Waals surface area contributed by atoms with Crippen LogP contribution in [0.25, 0.3) is 11.3 Å². The molecule has 3 aromatic rings. The molecule has 0 aliphatic rings. The number of hydrogen-bond donors (Lipinski definition) is 3. The molecule has 0 saturated heterocycles. The Kier molecular flexibility index (Phi) is 5.71. The first-order chi connectivity index (χ1) is 13.0. The zero-order chi connectivity index (χ0) is 19.2. The average Bonchev–Trinajstić information content (AvgIpc) is 3.28. The Morgan fingerprint density at radius 3 is 2.41 bits per heavy atom. The molecule has 0 saturated carbocycles. The molecule has 0 unspecified atom stereocenters. The standard InChI is InChI=1S/C20H22N4O3/c1-13-11-14(2)27-18(13)20(26)22-10-6-9-21-19(25)17-12-16(23-24-17)15-7-4-3-5-8-15/h3-5,7-8,11-12H,6,9-10H2,1-2H3,(H,21,25)(H,22,26)(H,23,24). The van der Waals surface area contributed by atoms with Gasteiger partial charge in [0.25, 0.3) is 11.8 Å². The van der Waals surface area contributed by atoms with Crippen molar-refractivity contribution in [2.24, 2.45) is 0 Å². The normalized spacial score (nSPS) is 10.6. The van der Waals surface area contributed by atoms with E-state index < -0.39 is 0 Å². The summed E-state index contributed by atoms with van der Waals surface area (Å²) in [6, 6.07) is 13.2. The third kappa shape index (κ3) is 4.63. The van der Waals surface area contributed by atoms with Gasteiger partial charge in [-0.3, -0.25) is 14.7 Å². The smallest absolute Gasteiger partial charge is 0.287 e. The molecule has 0 spiro atoms. The van der Waals surface area contributed by atoms with Crippen LogP contribution in [0.15, 0.2) is 46.9 Å². The van der Waals surface area contributed by atoms with E-state index in [1.54, 1.807) is 13.0 Å². The number of benzene rings is 1. The molecular formula is C20H22N4O3. The molecule has 2 amide bonds. The molecule has 0 aliphatic heterocycles. The molecule has 2 heterocycles. The quantitative estimate of drug-likeness (QED) is 0.560. The molecule has 2 aromatic heterocycles. The van der Waals surface area contributed by atoms with E-state index in [2.05, 4.69) is 20.8 Å². The zero-order valence-corrected chi connectivity index (χ0v) is 15.3. The van der Waals surface area contributed by atoms with E-state index in [1.807, 2.05) is 43.3 Å². The Hall–Kier alpha value is -3.35. The number of nitrogens with zero attached hydrogens (tertiary/aromatic N) is 1. The second kappa shape index (κ2) is 8.35. The third-order valence-electron chi connectivity index (χ3n) is 4.06. The van der Waals surface area contributed by atoms with Gasteiger partial charge in [-0.25, -0.2) is 0 Å². The maximum Gasteiger partial charge on any atom is 0.287 e. The molecule has 3 rings (SSSR count). The van der Waals surface area contributed by atoms with Gasteiger partial charge in [-0.2, -0.15) is 5.10 Å². The first kappa shape index (κ1) is 18.4. The summed E-state index contributed by atoms with van der Waals surface area (Å²) in [4.78, 5) is 24.2. The van der Waals surface area contributed by atoms with Gasteiger partial charge in [0.1, 0.15) is 11.5 Å². The molecule has 7 heteroatoms. The Morgan fingerprint density at radius 2 is 1.74 bits per heavy atom. The van der Waals surface area contributed by atoms with Gasteiger partial charge in [0.2, 0.25) is 0 Å². The van der Waals surface area contributed by atoms with Gasteiger partial charge in [0, 0.05) is 24.2 Å². The fraction of sp³-hybridized carbons (Fsp3) is 0.250. The highest BCUT2D eigenvalue weighted by Gasteiger charge is 2.14. The molecule has 0 atom stereocenters.